The molecule has 0 bridgehead atoms. The van der Waals surface area contributed by atoms with Crippen molar-refractivity contribution < 1.29 is 28.5 Å². The molecule has 0 fully saturated rings. The van der Waals surface area contributed by atoms with Crippen LogP contribution in [0.4, 0.5) is 0 Å². The molecule has 0 radical (unpaired) electrons. The Morgan fingerprint density at radius 2 is 0.952 bits per heavy atom. The van der Waals surface area contributed by atoms with Gasteiger partial charge in [0.2, 0.25) is 0 Å². The molecule has 0 aromatic rings. The van der Waals surface area contributed by atoms with Gasteiger partial charge < -0.3 is 28.5 Å². The molecule has 21 heavy (non-hydrogen) atoms. The Labute approximate surface area is 160 Å². The highest BCUT2D eigenvalue weighted by Crippen LogP contribution is 2.13. The first-order valence-electron chi connectivity index (χ1n) is 9.00. The van der Waals surface area contributed by atoms with Crippen molar-refractivity contribution in [1.29, 1.82) is 0 Å². The van der Waals surface area contributed by atoms with Gasteiger partial charge in [0, 0.05) is 0 Å². The molecule has 0 aliphatic rings. The molecule has 0 spiro atoms. The van der Waals surface area contributed by atoms with Crippen molar-refractivity contribution in [2.75, 3.05) is 26.1 Å². The Morgan fingerprint density at radius 1 is 0.619 bits per heavy atom. The second kappa shape index (κ2) is 17.5. The van der Waals surface area contributed by atoms with Crippen LogP contribution in [-0.4, -0.2) is 30.6 Å². The average Bonchev–Trinajstić information content (AvgIpc) is 2.44. The molecule has 130 valence electrons. The highest BCUT2D eigenvalue weighted by Gasteiger charge is 2.10. The first kappa shape index (κ1) is 24.4. The maximum absolute atomic E-state index is 3.58. The Kier molecular flexibility index (Phi) is 20.4. The van der Waals surface area contributed by atoms with Crippen LogP contribution in [0.3, 0.4) is 0 Å². The summed E-state index contributed by atoms with van der Waals surface area (Å²) in [4.78, 5) is 0. The van der Waals surface area contributed by atoms with E-state index in [4.69, 9.17) is 0 Å². The lowest BCUT2D eigenvalue weighted by atomic mass is 10.0. The summed E-state index contributed by atoms with van der Waals surface area (Å²) >= 11 is 3.58. The fraction of sp³-hybridized carbons (Fsp3) is 1.00. The molecule has 0 unspecified atom stereocenters. The molecular weight excluding hydrogens is 437 g/mol. The number of rotatable bonds is 15. The van der Waals surface area contributed by atoms with Crippen molar-refractivity contribution in [1.82, 2.24) is 0 Å². The molecule has 0 amide bonds. The molecule has 0 aromatic carbocycles. The topological polar surface area (TPSA) is 0 Å². The minimum absolute atomic E-state index is 0. The van der Waals surface area contributed by atoms with Gasteiger partial charge in [-0.1, -0.05) is 77.6 Å². The summed E-state index contributed by atoms with van der Waals surface area (Å²) in [6, 6.07) is 0. The van der Waals surface area contributed by atoms with Crippen LogP contribution in [0, 0.1) is 0 Å². The number of nitrogens with zero attached hydrogens (tertiary/aromatic N) is 1. The van der Waals surface area contributed by atoms with Crippen molar-refractivity contribution in [2.24, 2.45) is 0 Å². The first-order valence-corrected chi connectivity index (χ1v) is 10.1. The predicted molar refractivity (Wildman–Crippen MR) is 96.5 cm³/mol. The summed E-state index contributed by atoms with van der Waals surface area (Å²) in [5.41, 5.74) is 1.07. The lowest BCUT2D eigenvalue weighted by molar-refractivity contribution is -0.876. The monoisotopic (exact) mass is 475 g/mol. The standard InChI is InChI=1S/C18H39BrN.HI/c1-4-5-6-7-8-9-10-11-12-13-14-15-16-17-20(2,3)18-19;/h4-18H2,1-3H3;1H/q+1;/p-1. The SMILES string of the molecule is CCCCCCCCCCCCCCC[N+](C)(C)CBr.[I-]. The van der Waals surface area contributed by atoms with E-state index in [0.717, 1.165) is 9.94 Å². The van der Waals surface area contributed by atoms with Gasteiger partial charge in [0.05, 0.1) is 20.6 Å². The molecule has 0 saturated carbocycles. The van der Waals surface area contributed by atoms with E-state index in [1.807, 2.05) is 0 Å². The molecule has 0 atom stereocenters. The van der Waals surface area contributed by atoms with E-state index in [0.29, 0.717) is 0 Å². The van der Waals surface area contributed by atoms with Gasteiger partial charge in [-0.05, 0) is 28.8 Å². The van der Waals surface area contributed by atoms with E-state index in [-0.39, 0.29) is 24.0 Å². The van der Waals surface area contributed by atoms with Gasteiger partial charge in [0.25, 0.3) is 0 Å². The summed E-state index contributed by atoms with van der Waals surface area (Å²) in [5, 5.41) is 0. The van der Waals surface area contributed by atoms with Gasteiger partial charge in [-0.15, -0.1) is 0 Å². The molecule has 1 nitrogen and oxygen atoms in total. The maximum Gasteiger partial charge on any atom is 0.133 e. The van der Waals surface area contributed by atoms with Crippen molar-refractivity contribution >= 4 is 15.9 Å². The second-order valence-electron chi connectivity index (χ2n) is 7.02. The quantitative estimate of drug-likeness (QED) is 0.112. The molecule has 0 aliphatic heterocycles. The molecular formula is C18H39BrIN. The van der Waals surface area contributed by atoms with Gasteiger partial charge >= 0.3 is 0 Å². The van der Waals surface area contributed by atoms with Gasteiger partial charge in [-0.2, -0.15) is 0 Å². The Bertz CT molecular complexity index is 198. The molecule has 0 rings (SSSR count). The van der Waals surface area contributed by atoms with E-state index in [2.05, 4.69) is 36.9 Å². The zero-order chi connectivity index (χ0) is 15.1. The van der Waals surface area contributed by atoms with Crippen LogP contribution in [0.1, 0.15) is 90.4 Å². The van der Waals surface area contributed by atoms with Crippen LogP contribution in [0.25, 0.3) is 0 Å². The number of unbranched alkanes of at least 4 members (excludes halogenated alkanes) is 12. The lowest BCUT2D eigenvalue weighted by Gasteiger charge is -2.26. The van der Waals surface area contributed by atoms with Crippen molar-refractivity contribution in [2.45, 2.75) is 90.4 Å². The normalized spacial score (nSPS) is 11.4. The van der Waals surface area contributed by atoms with Crippen molar-refractivity contribution in [3.05, 3.63) is 0 Å². The van der Waals surface area contributed by atoms with Gasteiger partial charge in [-0.3, -0.25) is 0 Å². The summed E-state index contributed by atoms with van der Waals surface area (Å²) < 4.78 is 1.11. The van der Waals surface area contributed by atoms with Crippen molar-refractivity contribution in [3.8, 4) is 0 Å². The van der Waals surface area contributed by atoms with Gasteiger partial charge in [-0.25, -0.2) is 0 Å². The van der Waals surface area contributed by atoms with E-state index >= 15 is 0 Å². The number of halogens is 2. The minimum atomic E-state index is 0. The summed E-state index contributed by atoms with van der Waals surface area (Å²) in [6.07, 6.45) is 18.8. The Balaban J connectivity index is 0. The van der Waals surface area contributed by atoms with Crippen molar-refractivity contribution in [3.63, 3.8) is 0 Å². The molecule has 3 heteroatoms. The van der Waals surface area contributed by atoms with E-state index in [9.17, 15) is 0 Å². The fourth-order valence-electron chi connectivity index (χ4n) is 2.62. The highest BCUT2D eigenvalue weighted by atomic mass is 127. The third kappa shape index (κ3) is 19.1. The molecule has 0 aromatic heterocycles. The van der Waals surface area contributed by atoms with E-state index in [1.165, 1.54) is 90.0 Å². The third-order valence-electron chi connectivity index (χ3n) is 4.19. The van der Waals surface area contributed by atoms with Crippen LogP contribution >= 0.6 is 15.9 Å². The van der Waals surface area contributed by atoms with E-state index < -0.39 is 0 Å². The third-order valence-corrected chi connectivity index (χ3v) is 5.55. The smallest absolute Gasteiger partial charge is 0.133 e. The molecule has 0 heterocycles. The Morgan fingerprint density at radius 3 is 1.29 bits per heavy atom. The Hall–Kier alpha value is 1.17. The number of quaternary nitrogens is 1. The molecule has 0 N–H and O–H groups in total. The zero-order valence-corrected chi connectivity index (χ0v) is 18.6. The van der Waals surface area contributed by atoms with Gasteiger partial charge in [0.15, 0.2) is 0 Å². The lowest BCUT2D eigenvalue weighted by Crippen LogP contribution is -3.00. The number of hydrogen-bond acceptors (Lipinski definition) is 0. The predicted octanol–water partition coefficient (Wildman–Crippen LogP) is 3.51. The fourth-order valence-corrected chi connectivity index (χ4v) is 2.87. The van der Waals surface area contributed by atoms with E-state index in [1.54, 1.807) is 0 Å². The van der Waals surface area contributed by atoms with Crippen LogP contribution in [0.15, 0.2) is 0 Å². The molecule has 0 saturated heterocycles. The number of alkyl halides is 1. The molecule has 0 aliphatic carbocycles. The summed E-state index contributed by atoms with van der Waals surface area (Å²) in [7, 11) is 4.60. The maximum atomic E-state index is 3.58. The van der Waals surface area contributed by atoms with Crippen LogP contribution in [0.2, 0.25) is 0 Å². The van der Waals surface area contributed by atoms with Crippen LogP contribution in [-0.2, 0) is 0 Å². The van der Waals surface area contributed by atoms with Crippen LogP contribution < -0.4 is 24.0 Å². The second-order valence-corrected chi connectivity index (χ2v) is 7.52. The number of hydrogen-bond donors (Lipinski definition) is 0. The van der Waals surface area contributed by atoms with Crippen LogP contribution in [0.5, 0.6) is 0 Å². The van der Waals surface area contributed by atoms with Gasteiger partial charge in [0.1, 0.15) is 5.45 Å². The minimum Gasteiger partial charge on any atom is -1.00 e. The summed E-state index contributed by atoms with van der Waals surface area (Å²) in [6.45, 7) is 3.60. The zero-order valence-electron chi connectivity index (χ0n) is 14.8. The first-order chi connectivity index (χ1) is 9.62. The summed E-state index contributed by atoms with van der Waals surface area (Å²) in [5.74, 6) is 0. The largest absolute Gasteiger partial charge is 1.00 e. The highest BCUT2D eigenvalue weighted by molar-refractivity contribution is 9.09. The average molecular weight is 476 g/mol.